The molecule has 0 spiro atoms. The SMILES string of the molecule is CCNC(c1ccncc1Cl)c1cccc(F)c1F. The van der Waals surface area contributed by atoms with Gasteiger partial charge in [-0.25, -0.2) is 8.78 Å². The minimum absolute atomic E-state index is 0.231. The summed E-state index contributed by atoms with van der Waals surface area (Å²) in [6.07, 6.45) is 3.06. The fourth-order valence-electron chi connectivity index (χ4n) is 1.96. The molecule has 1 unspecified atom stereocenters. The summed E-state index contributed by atoms with van der Waals surface area (Å²) in [5, 5.41) is 3.52. The molecule has 1 aromatic heterocycles. The molecule has 0 aliphatic heterocycles. The lowest BCUT2D eigenvalue weighted by Gasteiger charge is -2.20. The molecule has 0 fully saturated rings. The van der Waals surface area contributed by atoms with Crippen LogP contribution in [-0.4, -0.2) is 11.5 Å². The van der Waals surface area contributed by atoms with Crippen LogP contribution in [0.4, 0.5) is 8.78 Å². The Hall–Kier alpha value is -1.52. The number of hydrogen-bond donors (Lipinski definition) is 1. The second-order valence-corrected chi connectivity index (χ2v) is 4.44. The first-order valence-electron chi connectivity index (χ1n) is 5.91. The lowest BCUT2D eigenvalue weighted by Crippen LogP contribution is -2.23. The minimum Gasteiger partial charge on any atom is -0.306 e. The van der Waals surface area contributed by atoms with Gasteiger partial charge in [-0.1, -0.05) is 30.7 Å². The third-order valence-corrected chi connectivity index (χ3v) is 3.13. The van der Waals surface area contributed by atoms with Crippen molar-refractivity contribution in [2.24, 2.45) is 0 Å². The molecule has 2 nitrogen and oxygen atoms in total. The van der Waals surface area contributed by atoms with Crippen molar-refractivity contribution in [3.05, 3.63) is 64.4 Å². The first-order chi connectivity index (χ1) is 9.15. The Morgan fingerprint density at radius 2 is 2.05 bits per heavy atom. The van der Waals surface area contributed by atoms with E-state index in [0.717, 1.165) is 6.07 Å². The molecule has 0 radical (unpaired) electrons. The van der Waals surface area contributed by atoms with Gasteiger partial charge in [-0.15, -0.1) is 0 Å². The number of pyridine rings is 1. The lowest BCUT2D eigenvalue weighted by molar-refractivity contribution is 0.483. The van der Waals surface area contributed by atoms with Gasteiger partial charge >= 0.3 is 0 Å². The van der Waals surface area contributed by atoms with E-state index < -0.39 is 17.7 Å². The van der Waals surface area contributed by atoms with E-state index in [2.05, 4.69) is 10.3 Å². The van der Waals surface area contributed by atoms with Crippen molar-refractivity contribution >= 4 is 11.6 Å². The maximum atomic E-state index is 13.9. The molecule has 1 N–H and O–H groups in total. The molecular formula is C14H13ClF2N2. The van der Waals surface area contributed by atoms with E-state index >= 15 is 0 Å². The van der Waals surface area contributed by atoms with Crippen LogP contribution in [0.5, 0.6) is 0 Å². The Labute approximate surface area is 115 Å². The maximum absolute atomic E-state index is 13.9. The highest BCUT2D eigenvalue weighted by Crippen LogP contribution is 2.29. The molecule has 0 aliphatic carbocycles. The topological polar surface area (TPSA) is 24.9 Å². The fourth-order valence-corrected chi connectivity index (χ4v) is 2.18. The van der Waals surface area contributed by atoms with Crippen molar-refractivity contribution in [1.29, 1.82) is 0 Å². The first-order valence-corrected chi connectivity index (χ1v) is 6.29. The predicted octanol–water partition coefficient (Wildman–Crippen LogP) is 3.71. The monoisotopic (exact) mass is 282 g/mol. The summed E-state index contributed by atoms with van der Waals surface area (Å²) >= 11 is 6.08. The third kappa shape index (κ3) is 2.91. The molecule has 0 aliphatic rings. The molecule has 0 saturated carbocycles. The molecule has 2 rings (SSSR count). The Kier molecular flexibility index (Phi) is 4.45. The van der Waals surface area contributed by atoms with Crippen LogP contribution in [-0.2, 0) is 0 Å². The largest absolute Gasteiger partial charge is 0.306 e. The van der Waals surface area contributed by atoms with Gasteiger partial charge in [0, 0.05) is 18.0 Å². The smallest absolute Gasteiger partial charge is 0.163 e. The minimum atomic E-state index is -0.870. The predicted molar refractivity (Wildman–Crippen MR) is 71.1 cm³/mol. The van der Waals surface area contributed by atoms with Gasteiger partial charge in [0.25, 0.3) is 0 Å². The van der Waals surface area contributed by atoms with Gasteiger partial charge in [-0.05, 0) is 24.2 Å². The molecule has 0 bridgehead atoms. The van der Waals surface area contributed by atoms with E-state index in [9.17, 15) is 8.78 Å². The molecule has 2 aromatic rings. The Balaban J connectivity index is 2.52. The van der Waals surface area contributed by atoms with Gasteiger partial charge < -0.3 is 5.32 Å². The number of aromatic nitrogens is 1. The maximum Gasteiger partial charge on any atom is 0.163 e. The van der Waals surface area contributed by atoms with Crippen LogP contribution >= 0.6 is 11.6 Å². The van der Waals surface area contributed by atoms with Gasteiger partial charge in [-0.2, -0.15) is 0 Å². The summed E-state index contributed by atoms with van der Waals surface area (Å²) in [5.41, 5.74) is 0.901. The van der Waals surface area contributed by atoms with Gasteiger partial charge in [0.15, 0.2) is 11.6 Å². The summed E-state index contributed by atoms with van der Waals surface area (Å²) in [6, 6.07) is 5.31. The molecular weight excluding hydrogens is 270 g/mol. The van der Waals surface area contributed by atoms with Crippen LogP contribution in [0.2, 0.25) is 5.02 Å². The number of hydrogen-bond acceptors (Lipinski definition) is 2. The molecule has 0 saturated heterocycles. The standard InChI is InChI=1S/C14H13ClF2N2/c1-2-19-14(9-6-7-18-8-11(9)15)10-4-3-5-12(16)13(10)17/h3-8,14,19H,2H2,1H3. The molecule has 1 atom stereocenters. The Bertz CT molecular complexity index is 575. The van der Waals surface area contributed by atoms with Crippen LogP contribution in [0.25, 0.3) is 0 Å². The zero-order valence-corrected chi connectivity index (χ0v) is 11.1. The summed E-state index contributed by atoms with van der Waals surface area (Å²) in [5.74, 6) is -1.73. The molecule has 1 aromatic carbocycles. The average molecular weight is 283 g/mol. The zero-order chi connectivity index (χ0) is 13.8. The molecule has 1 heterocycles. The molecule has 100 valence electrons. The van der Waals surface area contributed by atoms with Crippen LogP contribution in [0.3, 0.4) is 0 Å². The highest BCUT2D eigenvalue weighted by Gasteiger charge is 2.21. The van der Waals surface area contributed by atoms with E-state index in [1.165, 1.54) is 12.3 Å². The first kappa shape index (κ1) is 13.9. The van der Waals surface area contributed by atoms with Crippen molar-refractivity contribution in [2.75, 3.05) is 6.54 Å². The number of rotatable bonds is 4. The van der Waals surface area contributed by atoms with Gasteiger partial charge in [0.2, 0.25) is 0 Å². The second kappa shape index (κ2) is 6.08. The molecule has 19 heavy (non-hydrogen) atoms. The normalized spacial score (nSPS) is 12.4. The summed E-state index contributed by atoms with van der Waals surface area (Å²) in [4.78, 5) is 3.89. The van der Waals surface area contributed by atoms with Crippen LogP contribution in [0, 0.1) is 11.6 Å². The van der Waals surface area contributed by atoms with E-state index in [-0.39, 0.29) is 5.56 Å². The van der Waals surface area contributed by atoms with E-state index in [0.29, 0.717) is 17.1 Å². The van der Waals surface area contributed by atoms with E-state index in [4.69, 9.17) is 11.6 Å². The van der Waals surface area contributed by atoms with Crippen molar-refractivity contribution in [3.8, 4) is 0 Å². The Morgan fingerprint density at radius 3 is 2.74 bits per heavy atom. The van der Waals surface area contributed by atoms with Crippen LogP contribution in [0.1, 0.15) is 24.1 Å². The summed E-state index contributed by atoms with van der Waals surface area (Å²) in [6.45, 7) is 2.48. The van der Waals surface area contributed by atoms with Crippen molar-refractivity contribution in [3.63, 3.8) is 0 Å². The molecule has 0 amide bonds. The van der Waals surface area contributed by atoms with Crippen molar-refractivity contribution in [2.45, 2.75) is 13.0 Å². The number of nitrogens with one attached hydrogen (secondary N) is 1. The number of nitrogens with zero attached hydrogens (tertiary/aromatic N) is 1. The van der Waals surface area contributed by atoms with Crippen LogP contribution < -0.4 is 5.32 Å². The summed E-state index contributed by atoms with van der Waals surface area (Å²) in [7, 11) is 0. The van der Waals surface area contributed by atoms with E-state index in [1.54, 1.807) is 18.3 Å². The Morgan fingerprint density at radius 1 is 1.26 bits per heavy atom. The number of halogens is 3. The van der Waals surface area contributed by atoms with E-state index in [1.807, 2.05) is 6.92 Å². The fraction of sp³-hybridized carbons (Fsp3) is 0.214. The third-order valence-electron chi connectivity index (χ3n) is 2.82. The van der Waals surface area contributed by atoms with Gasteiger partial charge in [0.1, 0.15) is 0 Å². The quantitative estimate of drug-likeness (QED) is 0.925. The lowest BCUT2D eigenvalue weighted by atomic mass is 9.99. The highest BCUT2D eigenvalue weighted by molar-refractivity contribution is 6.31. The zero-order valence-electron chi connectivity index (χ0n) is 10.3. The van der Waals surface area contributed by atoms with Crippen LogP contribution in [0.15, 0.2) is 36.7 Å². The average Bonchev–Trinajstić information content (AvgIpc) is 2.41. The van der Waals surface area contributed by atoms with Gasteiger partial charge in [0.05, 0.1) is 11.1 Å². The van der Waals surface area contributed by atoms with Gasteiger partial charge in [-0.3, -0.25) is 4.98 Å². The second-order valence-electron chi connectivity index (χ2n) is 4.03. The van der Waals surface area contributed by atoms with Crippen molar-refractivity contribution < 1.29 is 8.78 Å². The summed E-state index contributed by atoms with van der Waals surface area (Å²) < 4.78 is 27.3. The molecule has 5 heteroatoms. The highest BCUT2D eigenvalue weighted by atomic mass is 35.5. The number of benzene rings is 1. The van der Waals surface area contributed by atoms with Crippen molar-refractivity contribution in [1.82, 2.24) is 10.3 Å².